The van der Waals surface area contributed by atoms with Crippen molar-refractivity contribution >= 4 is 53.0 Å². The molecular weight excluding hydrogens is 299 g/mol. The number of thioether (sulfide) groups is 1. The summed E-state index contributed by atoms with van der Waals surface area (Å²) in [6.07, 6.45) is 2.70. The van der Waals surface area contributed by atoms with Crippen molar-refractivity contribution in [3.8, 4) is 0 Å². The molecule has 0 aliphatic carbocycles. The highest BCUT2D eigenvalue weighted by molar-refractivity contribution is 7.98. The molecule has 0 aliphatic heterocycles. The summed E-state index contributed by atoms with van der Waals surface area (Å²) in [5.41, 5.74) is 5.72. The Labute approximate surface area is 121 Å². The van der Waals surface area contributed by atoms with Crippen molar-refractivity contribution in [2.24, 2.45) is 5.73 Å². The lowest BCUT2D eigenvalue weighted by Crippen LogP contribution is -2.40. The van der Waals surface area contributed by atoms with Crippen LogP contribution in [0.1, 0.15) is 11.3 Å². The van der Waals surface area contributed by atoms with Crippen LogP contribution in [0, 0.1) is 0 Å². The lowest BCUT2D eigenvalue weighted by atomic mass is 10.2. The van der Waals surface area contributed by atoms with Crippen LogP contribution < -0.4 is 11.1 Å². The first-order valence-electron chi connectivity index (χ1n) is 4.90. The van der Waals surface area contributed by atoms with E-state index in [-0.39, 0.29) is 18.3 Å². The highest BCUT2D eigenvalue weighted by Gasteiger charge is 2.12. The van der Waals surface area contributed by atoms with E-state index in [0.29, 0.717) is 13.0 Å². The van der Waals surface area contributed by atoms with E-state index in [2.05, 4.69) is 5.32 Å². The summed E-state index contributed by atoms with van der Waals surface area (Å²) in [5.74, 6) is 0.804. The zero-order valence-corrected chi connectivity index (χ0v) is 12.6. The van der Waals surface area contributed by atoms with Crippen molar-refractivity contribution in [2.45, 2.75) is 19.0 Å². The van der Waals surface area contributed by atoms with Crippen LogP contribution in [0.4, 0.5) is 0 Å². The Kier molecular flexibility index (Phi) is 9.08. The van der Waals surface area contributed by atoms with Gasteiger partial charge in [0, 0.05) is 4.88 Å². The minimum atomic E-state index is -0.414. The third-order valence-corrected chi connectivity index (χ3v) is 3.91. The SMILES string of the molecule is CSCCC(N)C(=O)NCc1ccc(Cl)s1.Cl. The molecule has 3 N–H and O–H groups in total. The summed E-state index contributed by atoms with van der Waals surface area (Å²) in [7, 11) is 0. The topological polar surface area (TPSA) is 55.1 Å². The molecule has 0 aromatic carbocycles. The molecule has 1 atom stereocenters. The Morgan fingerprint density at radius 1 is 1.65 bits per heavy atom. The van der Waals surface area contributed by atoms with E-state index < -0.39 is 6.04 Å². The molecule has 0 bridgehead atoms. The monoisotopic (exact) mass is 314 g/mol. The van der Waals surface area contributed by atoms with Crippen molar-refractivity contribution in [3.05, 3.63) is 21.3 Å². The third kappa shape index (κ3) is 6.52. The predicted octanol–water partition coefficient (Wildman–Crippen LogP) is 2.52. The summed E-state index contributed by atoms with van der Waals surface area (Å²) in [5, 5.41) is 2.80. The van der Waals surface area contributed by atoms with Crippen LogP contribution in [0.15, 0.2) is 12.1 Å². The number of halogens is 2. The number of nitrogens with one attached hydrogen (secondary N) is 1. The van der Waals surface area contributed by atoms with Crippen LogP contribution in [0.2, 0.25) is 4.34 Å². The molecular formula is C10H16Cl2N2OS2. The van der Waals surface area contributed by atoms with E-state index in [1.54, 1.807) is 11.8 Å². The van der Waals surface area contributed by atoms with Gasteiger partial charge in [0.2, 0.25) is 5.91 Å². The van der Waals surface area contributed by atoms with Gasteiger partial charge in [-0.3, -0.25) is 4.79 Å². The zero-order valence-electron chi connectivity index (χ0n) is 9.44. The van der Waals surface area contributed by atoms with E-state index in [4.69, 9.17) is 17.3 Å². The molecule has 7 heteroatoms. The Morgan fingerprint density at radius 2 is 2.35 bits per heavy atom. The molecule has 0 spiro atoms. The molecule has 1 amide bonds. The molecule has 0 fully saturated rings. The van der Waals surface area contributed by atoms with Gasteiger partial charge in [-0.2, -0.15) is 11.8 Å². The number of hydrogen-bond donors (Lipinski definition) is 2. The van der Waals surface area contributed by atoms with Crippen LogP contribution in [-0.2, 0) is 11.3 Å². The van der Waals surface area contributed by atoms with Crippen LogP contribution in [0.25, 0.3) is 0 Å². The number of rotatable bonds is 6. The number of hydrogen-bond acceptors (Lipinski definition) is 4. The van der Waals surface area contributed by atoms with Crippen molar-refractivity contribution in [2.75, 3.05) is 12.0 Å². The van der Waals surface area contributed by atoms with Gasteiger partial charge in [-0.15, -0.1) is 23.7 Å². The fourth-order valence-corrected chi connectivity index (χ4v) is 2.64. The Balaban J connectivity index is 0.00000256. The molecule has 98 valence electrons. The van der Waals surface area contributed by atoms with Gasteiger partial charge in [0.1, 0.15) is 0 Å². The fourth-order valence-electron chi connectivity index (χ4n) is 1.13. The standard InChI is InChI=1S/C10H15ClN2OS2.ClH/c1-15-5-4-8(12)10(14)13-6-7-2-3-9(11)16-7;/h2-3,8H,4-6,12H2,1H3,(H,13,14);1H. The van der Waals surface area contributed by atoms with Crippen molar-refractivity contribution in [1.82, 2.24) is 5.32 Å². The van der Waals surface area contributed by atoms with E-state index >= 15 is 0 Å². The van der Waals surface area contributed by atoms with Gasteiger partial charge in [0.05, 0.1) is 16.9 Å². The van der Waals surface area contributed by atoms with Gasteiger partial charge in [-0.05, 0) is 30.6 Å². The lowest BCUT2D eigenvalue weighted by molar-refractivity contribution is -0.122. The quantitative estimate of drug-likeness (QED) is 0.848. The first-order valence-corrected chi connectivity index (χ1v) is 7.48. The molecule has 17 heavy (non-hydrogen) atoms. The van der Waals surface area contributed by atoms with Gasteiger partial charge < -0.3 is 11.1 Å². The highest BCUT2D eigenvalue weighted by atomic mass is 35.5. The number of carbonyl (C=O) groups is 1. The van der Waals surface area contributed by atoms with Crippen LogP contribution in [-0.4, -0.2) is 24.0 Å². The molecule has 1 heterocycles. The maximum Gasteiger partial charge on any atom is 0.237 e. The normalized spacial score (nSPS) is 11.7. The summed E-state index contributed by atoms with van der Waals surface area (Å²) in [6, 6.07) is 3.31. The third-order valence-electron chi connectivity index (χ3n) is 2.04. The van der Waals surface area contributed by atoms with Crippen molar-refractivity contribution in [3.63, 3.8) is 0 Å². The lowest BCUT2D eigenvalue weighted by Gasteiger charge is -2.10. The minimum Gasteiger partial charge on any atom is -0.350 e. The molecule has 1 unspecified atom stereocenters. The average Bonchev–Trinajstić information content (AvgIpc) is 2.68. The smallest absolute Gasteiger partial charge is 0.237 e. The number of thiophene rings is 1. The molecule has 1 rings (SSSR count). The van der Waals surface area contributed by atoms with Gasteiger partial charge in [0.15, 0.2) is 0 Å². The fraction of sp³-hybridized carbons (Fsp3) is 0.500. The van der Waals surface area contributed by atoms with E-state index in [9.17, 15) is 4.79 Å². The van der Waals surface area contributed by atoms with Crippen LogP contribution in [0.5, 0.6) is 0 Å². The summed E-state index contributed by atoms with van der Waals surface area (Å²) < 4.78 is 0.732. The number of nitrogens with two attached hydrogens (primary N) is 1. The molecule has 0 aliphatic rings. The average molecular weight is 315 g/mol. The molecule has 3 nitrogen and oxygen atoms in total. The maximum atomic E-state index is 11.6. The Morgan fingerprint density at radius 3 is 2.88 bits per heavy atom. The molecule has 0 radical (unpaired) electrons. The van der Waals surface area contributed by atoms with Crippen LogP contribution in [0.3, 0.4) is 0 Å². The largest absolute Gasteiger partial charge is 0.350 e. The van der Waals surface area contributed by atoms with Gasteiger partial charge in [-0.1, -0.05) is 11.6 Å². The van der Waals surface area contributed by atoms with Gasteiger partial charge >= 0.3 is 0 Å². The van der Waals surface area contributed by atoms with E-state index in [1.165, 1.54) is 11.3 Å². The highest BCUT2D eigenvalue weighted by Crippen LogP contribution is 2.20. The summed E-state index contributed by atoms with van der Waals surface area (Å²) >= 11 is 8.94. The first-order chi connectivity index (χ1) is 7.63. The zero-order chi connectivity index (χ0) is 12.0. The number of amides is 1. The van der Waals surface area contributed by atoms with E-state index in [1.807, 2.05) is 18.4 Å². The second-order valence-electron chi connectivity index (χ2n) is 3.31. The van der Waals surface area contributed by atoms with Crippen molar-refractivity contribution in [1.29, 1.82) is 0 Å². The summed E-state index contributed by atoms with van der Waals surface area (Å²) in [4.78, 5) is 12.6. The Hall–Kier alpha value is 0.0600. The number of carbonyl (C=O) groups excluding carboxylic acids is 1. The second kappa shape index (κ2) is 9.05. The minimum absolute atomic E-state index is 0. The molecule has 0 saturated heterocycles. The maximum absolute atomic E-state index is 11.6. The molecule has 1 aromatic rings. The summed E-state index contributed by atoms with van der Waals surface area (Å²) in [6.45, 7) is 0.503. The van der Waals surface area contributed by atoms with Gasteiger partial charge in [0.25, 0.3) is 0 Å². The van der Waals surface area contributed by atoms with Gasteiger partial charge in [-0.25, -0.2) is 0 Å². The first kappa shape index (κ1) is 17.1. The predicted molar refractivity (Wildman–Crippen MR) is 79.4 cm³/mol. The molecule has 1 aromatic heterocycles. The second-order valence-corrected chi connectivity index (χ2v) is 6.10. The van der Waals surface area contributed by atoms with Crippen molar-refractivity contribution < 1.29 is 4.79 Å². The molecule has 0 saturated carbocycles. The van der Waals surface area contributed by atoms with Crippen LogP contribution >= 0.6 is 47.1 Å². The Bertz CT molecular complexity index is 347. The van der Waals surface area contributed by atoms with E-state index in [0.717, 1.165) is 15.0 Å².